The van der Waals surface area contributed by atoms with Crippen LogP contribution in [0, 0.1) is 0 Å². The number of likely N-dealkylation sites (tertiary alicyclic amines) is 1. The van der Waals surface area contributed by atoms with Gasteiger partial charge in [0.2, 0.25) is 5.91 Å². The molecule has 4 heteroatoms. The van der Waals surface area contributed by atoms with Gasteiger partial charge in [-0.05, 0) is 32.9 Å². The Bertz CT molecular complexity index is 257. The van der Waals surface area contributed by atoms with Crippen molar-refractivity contribution in [2.24, 2.45) is 0 Å². The molecule has 1 amide bonds. The number of hydrogen-bond acceptors (Lipinski definition) is 3. The van der Waals surface area contributed by atoms with E-state index in [-0.39, 0.29) is 5.91 Å². The lowest BCUT2D eigenvalue weighted by Crippen LogP contribution is -2.43. The van der Waals surface area contributed by atoms with Crippen molar-refractivity contribution in [1.29, 1.82) is 0 Å². The summed E-state index contributed by atoms with van der Waals surface area (Å²) < 4.78 is 0. The molecule has 2 fully saturated rings. The van der Waals surface area contributed by atoms with Crippen molar-refractivity contribution in [1.82, 2.24) is 15.1 Å². The Kier molecular flexibility index (Phi) is 3.82. The lowest BCUT2D eigenvalue weighted by molar-refractivity contribution is -0.130. The first-order valence-corrected chi connectivity index (χ1v) is 6.42. The summed E-state index contributed by atoms with van der Waals surface area (Å²) in [5.74, 6) is 0.266. The Morgan fingerprint density at radius 3 is 2.81 bits per heavy atom. The van der Waals surface area contributed by atoms with Gasteiger partial charge in [0, 0.05) is 25.2 Å². The average Bonchev–Trinajstić information content (AvgIpc) is 2.50. The molecule has 0 aliphatic carbocycles. The second-order valence-electron chi connectivity index (χ2n) is 4.96. The molecule has 2 rings (SSSR count). The molecule has 2 heterocycles. The fourth-order valence-corrected chi connectivity index (χ4v) is 2.88. The third-order valence-electron chi connectivity index (χ3n) is 4.03. The maximum absolute atomic E-state index is 11.9. The highest BCUT2D eigenvalue weighted by Gasteiger charge is 2.35. The molecule has 0 aromatic heterocycles. The van der Waals surface area contributed by atoms with Crippen molar-refractivity contribution in [2.45, 2.75) is 38.3 Å². The first kappa shape index (κ1) is 11.9. The summed E-state index contributed by atoms with van der Waals surface area (Å²) in [6.07, 6.45) is 3.72. The molecule has 0 aromatic rings. The molecule has 1 N–H and O–H groups in total. The van der Waals surface area contributed by atoms with Crippen LogP contribution in [0.25, 0.3) is 0 Å². The minimum Gasteiger partial charge on any atom is -0.340 e. The van der Waals surface area contributed by atoms with Gasteiger partial charge in [0.15, 0.2) is 0 Å². The van der Waals surface area contributed by atoms with Gasteiger partial charge in [-0.2, -0.15) is 0 Å². The second-order valence-corrected chi connectivity index (χ2v) is 4.96. The number of carbonyl (C=O) groups is 1. The number of nitrogens with zero attached hydrogens (tertiary/aromatic N) is 2. The molecule has 16 heavy (non-hydrogen) atoms. The van der Waals surface area contributed by atoms with Crippen molar-refractivity contribution < 1.29 is 4.79 Å². The third-order valence-corrected chi connectivity index (χ3v) is 4.03. The molecule has 2 aliphatic rings. The predicted molar refractivity (Wildman–Crippen MR) is 64.3 cm³/mol. The second kappa shape index (κ2) is 5.15. The van der Waals surface area contributed by atoms with Crippen LogP contribution in [-0.4, -0.2) is 61.0 Å². The fraction of sp³-hybridized carbons (Fsp3) is 0.917. The van der Waals surface area contributed by atoms with Crippen LogP contribution in [-0.2, 0) is 4.79 Å². The van der Waals surface area contributed by atoms with Crippen LogP contribution in [0.3, 0.4) is 0 Å². The zero-order valence-electron chi connectivity index (χ0n) is 10.4. The number of amides is 1. The Morgan fingerprint density at radius 1 is 1.31 bits per heavy atom. The molecule has 2 aliphatic heterocycles. The maximum atomic E-state index is 11.9. The smallest absolute Gasteiger partial charge is 0.236 e. The van der Waals surface area contributed by atoms with Crippen LogP contribution in [0.1, 0.15) is 26.2 Å². The Labute approximate surface area is 98.0 Å². The Hall–Kier alpha value is -0.610. The molecular formula is C12H23N3O. The number of hydrogen-bond donors (Lipinski definition) is 1. The highest BCUT2D eigenvalue weighted by atomic mass is 16.2. The lowest BCUT2D eigenvalue weighted by Gasteiger charge is -2.25. The van der Waals surface area contributed by atoms with E-state index in [1.54, 1.807) is 0 Å². The zero-order chi connectivity index (χ0) is 11.5. The van der Waals surface area contributed by atoms with Gasteiger partial charge in [-0.15, -0.1) is 0 Å². The average molecular weight is 225 g/mol. The van der Waals surface area contributed by atoms with Gasteiger partial charge < -0.3 is 10.2 Å². The van der Waals surface area contributed by atoms with E-state index in [0.29, 0.717) is 18.6 Å². The van der Waals surface area contributed by atoms with Gasteiger partial charge in [-0.1, -0.05) is 6.92 Å². The Morgan fingerprint density at radius 2 is 2.06 bits per heavy atom. The van der Waals surface area contributed by atoms with Crippen molar-refractivity contribution in [3.05, 3.63) is 0 Å². The molecule has 0 aromatic carbocycles. The van der Waals surface area contributed by atoms with Crippen LogP contribution in [0.5, 0.6) is 0 Å². The van der Waals surface area contributed by atoms with Crippen LogP contribution in [0.2, 0.25) is 0 Å². The molecule has 92 valence electrons. The van der Waals surface area contributed by atoms with Gasteiger partial charge >= 0.3 is 0 Å². The molecule has 2 atom stereocenters. The fourth-order valence-electron chi connectivity index (χ4n) is 2.88. The highest BCUT2D eigenvalue weighted by molar-refractivity contribution is 5.78. The van der Waals surface area contributed by atoms with E-state index < -0.39 is 0 Å². The third kappa shape index (κ3) is 2.38. The van der Waals surface area contributed by atoms with Crippen LogP contribution in [0.4, 0.5) is 0 Å². The molecule has 0 saturated carbocycles. The molecule has 0 spiro atoms. The summed E-state index contributed by atoms with van der Waals surface area (Å²) in [5, 5.41) is 3.12. The van der Waals surface area contributed by atoms with Crippen molar-refractivity contribution in [3.8, 4) is 0 Å². The van der Waals surface area contributed by atoms with E-state index in [0.717, 1.165) is 26.1 Å². The summed E-state index contributed by atoms with van der Waals surface area (Å²) in [5.41, 5.74) is 0. The molecule has 2 saturated heterocycles. The molecule has 2 unspecified atom stereocenters. The van der Waals surface area contributed by atoms with Crippen LogP contribution in [0.15, 0.2) is 0 Å². The number of nitrogens with one attached hydrogen (secondary N) is 1. The number of rotatable bonds is 3. The van der Waals surface area contributed by atoms with E-state index in [2.05, 4.69) is 17.3 Å². The lowest BCUT2D eigenvalue weighted by atomic mass is 10.1. The van der Waals surface area contributed by atoms with Gasteiger partial charge in [0.05, 0.1) is 6.54 Å². The Balaban J connectivity index is 1.90. The first-order valence-electron chi connectivity index (χ1n) is 6.42. The quantitative estimate of drug-likeness (QED) is 0.750. The van der Waals surface area contributed by atoms with Gasteiger partial charge in [-0.25, -0.2) is 0 Å². The summed E-state index contributed by atoms with van der Waals surface area (Å²) in [7, 11) is 2.21. The SMILES string of the molecule is CCNCC(=O)N1CCC2CCC(C1)N2C. The summed E-state index contributed by atoms with van der Waals surface area (Å²) in [6.45, 7) is 5.27. The van der Waals surface area contributed by atoms with Crippen LogP contribution < -0.4 is 5.32 Å². The zero-order valence-corrected chi connectivity index (χ0v) is 10.4. The van der Waals surface area contributed by atoms with Crippen LogP contribution >= 0.6 is 0 Å². The predicted octanol–water partition coefficient (Wildman–Crippen LogP) is 0.291. The van der Waals surface area contributed by atoms with Gasteiger partial charge in [-0.3, -0.25) is 9.69 Å². The molecule has 4 nitrogen and oxygen atoms in total. The standard InChI is InChI=1S/C12H23N3O/c1-3-13-8-12(16)15-7-6-10-4-5-11(9-15)14(10)2/h10-11,13H,3-9H2,1-2H3. The summed E-state index contributed by atoms with van der Waals surface area (Å²) in [6, 6.07) is 1.31. The number of likely N-dealkylation sites (N-methyl/N-ethyl adjacent to an activating group) is 2. The maximum Gasteiger partial charge on any atom is 0.236 e. The molecule has 2 bridgehead atoms. The van der Waals surface area contributed by atoms with Crippen molar-refractivity contribution >= 4 is 5.91 Å². The molecule has 0 radical (unpaired) electrons. The van der Waals surface area contributed by atoms with E-state index in [9.17, 15) is 4.79 Å². The van der Waals surface area contributed by atoms with Gasteiger partial charge in [0.25, 0.3) is 0 Å². The van der Waals surface area contributed by atoms with E-state index in [1.807, 2.05) is 11.8 Å². The van der Waals surface area contributed by atoms with Gasteiger partial charge in [0.1, 0.15) is 0 Å². The monoisotopic (exact) mass is 225 g/mol. The highest BCUT2D eigenvalue weighted by Crippen LogP contribution is 2.28. The van der Waals surface area contributed by atoms with E-state index in [1.165, 1.54) is 12.8 Å². The first-order chi connectivity index (χ1) is 7.72. The molecular weight excluding hydrogens is 202 g/mol. The van der Waals surface area contributed by atoms with Crippen molar-refractivity contribution in [3.63, 3.8) is 0 Å². The minimum atomic E-state index is 0.266. The normalized spacial score (nSPS) is 30.5. The van der Waals surface area contributed by atoms with E-state index >= 15 is 0 Å². The number of fused-ring (bicyclic) bond motifs is 2. The summed E-state index contributed by atoms with van der Waals surface area (Å²) in [4.78, 5) is 16.5. The van der Waals surface area contributed by atoms with E-state index in [4.69, 9.17) is 0 Å². The van der Waals surface area contributed by atoms with Crippen molar-refractivity contribution in [2.75, 3.05) is 33.2 Å². The topological polar surface area (TPSA) is 35.6 Å². The summed E-state index contributed by atoms with van der Waals surface area (Å²) >= 11 is 0. The largest absolute Gasteiger partial charge is 0.340 e. The minimum absolute atomic E-state index is 0.266. The number of carbonyl (C=O) groups excluding carboxylic acids is 1.